The number of carboxylic acid groups (broad SMARTS) is 1. The monoisotopic (exact) mass is 519 g/mol. The molecule has 3 rings (SSSR count). The Labute approximate surface area is 219 Å². The lowest BCUT2D eigenvalue weighted by atomic mass is 9.59. The number of alkyl halides is 1. The number of fused-ring (bicyclic) bond motifs is 1. The number of pyridine rings is 1. The summed E-state index contributed by atoms with van der Waals surface area (Å²) in [5, 5.41) is 9.01. The number of carboxylic acids is 1. The molecular weight excluding hydrogens is 477 g/mol. The van der Waals surface area contributed by atoms with E-state index in [1.807, 2.05) is 13.8 Å². The number of esters is 2. The van der Waals surface area contributed by atoms with Gasteiger partial charge in [0.15, 0.2) is 0 Å². The molecule has 0 spiro atoms. The fourth-order valence-corrected chi connectivity index (χ4v) is 6.21. The lowest BCUT2D eigenvalue weighted by molar-refractivity contribution is -0.165. The number of carbonyl (C=O) groups is 3. The van der Waals surface area contributed by atoms with Crippen LogP contribution in [0.2, 0.25) is 0 Å². The molecule has 2 saturated carbocycles. The standard InChI is InChI=1S/C29H42FNO6/c1-4-18(2)28(34)37-25-9-5-7-20-11-10-19(3)24(27(20)25)13-12-23(15-22(30)16-26(32)33)36-29(35)21-8-6-14-31-17-21/h6,8,14,17-20,22-25,27H,4-5,7,9-13,15-16H2,1-3H3,(H,32,33)/t18-,19-,20?,22-,23+,24-,25-,27?/m0/s1. The van der Waals surface area contributed by atoms with Crippen molar-refractivity contribution < 1.29 is 33.4 Å². The summed E-state index contributed by atoms with van der Waals surface area (Å²) >= 11 is 0. The quantitative estimate of drug-likeness (QED) is 0.337. The van der Waals surface area contributed by atoms with Crippen molar-refractivity contribution in [2.45, 2.75) is 103 Å². The highest BCUT2D eigenvalue weighted by Gasteiger charge is 2.45. The Bertz CT molecular complexity index is 896. The van der Waals surface area contributed by atoms with Gasteiger partial charge in [-0.2, -0.15) is 0 Å². The van der Waals surface area contributed by atoms with Gasteiger partial charge in [-0.05, 0) is 74.8 Å². The first-order valence-electron chi connectivity index (χ1n) is 13.9. The van der Waals surface area contributed by atoms with Crippen molar-refractivity contribution in [3.05, 3.63) is 30.1 Å². The van der Waals surface area contributed by atoms with Crippen LogP contribution in [0.1, 0.15) is 95.3 Å². The summed E-state index contributed by atoms with van der Waals surface area (Å²) in [4.78, 5) is 40.4. The van der Waals surface area contributed by atoms with Crippen LogP contribution < -0.4 is 0 Å². The van der Waals surface area contributed by atoms with Crippen LogP contribution in [-0.2, 0) is 19.1 Å². The molecular formula is C29H42FNO6. The molecule has 1 heterocycles. The maximum Gasteiger partial charge on any atom is 0.339 e. The van der Waals surface area contributed by atoms with Gasteiger partial charge in [-0.3, -0.25) is 14.6 Å². The van der Waals surface area contributed by atoms with Crippen molar-refractivity contribution in [2.75, 3.05) is 0 Å². The molecule has 2 aliphatic rings. The second kappa shape index (κ2) is 13.9. The molecule has 1 N–H and O–H groups in total. The summed E-state index contributed by atoms with van der Waals surface area (Å²) in [6, 6.07) is 3.21. The Morgan fingerprint density at radius 2 is 2.00 bits per heavy atom. The van der Waals surface area contributed by atoms with Gasteiger partial charge in [0, 0.05) is 24.7 Å². The number of aliphatic carboxylic acids is 1. The molecule has 0 aromatic carbocycles. The van der Waals surface area contributed by atoms with Crippen LogP contribution >= 0.6 is 0 Å². The van der Waals surface area contributed by atoms with Crippen molar-refractivity contribution in [2.24, 2.45) is 29.6 Å². The molecule has 206 valence electrons. The Kier molecular flexibility index (Phi) is 10.9. The number of hydrogen-bond acceptors (Lipinski definition) is 6. The molecule has 2 aliphatic carbocycles. The van der Waals surface area contributed by atoms with Crippen LogP contribution in [0.15, 0.2) is 24.5 Å². The molecule has 0 saturated heterocycles. The first-order chi connectivity index (χ1) is 17.7. The molecule has 1 aromatic rings. The lowest BCUT2D eigenvalue weighted by Gasteiger charge is -2.48. The number of ether oxygens (including phenoxy) is 2. The molecule has 2 fully saturated rings. The van der Waals surface area contributed by atoms with Gasteiger partial charge >= 0.3 is 17.9 Å². The van der Waals surface area contributed by atoms with E-state index in [4.69, 9.17) is 14.6 Å². The second-order valence-corrected chi connectivity index (χ2v) is 11.0. The van der Waals surface area contributed by atoms with E-state index in [9.17, 15) is 18.8 Å². The van der Waals surface area contributed by atoms with Gasteiger partial charge in [-0.1, -0.05) is 27.2 Å². The van der Waals surface area contributed by atoms with Gasteiger partial charge in [-0.25, -0.2) is 9.18 Å². The first kappa shape index (κ1) is 29.1. The Morgan fingerprint density at radius 3 is 2.68 bits per heavy atom. The third-order valence-electron chi connectivity index (χ3n) is 8.45. The van der Waals surface area contributed by atoms with E-state index < -0.39 is 30.6 Å². The van der Waals surface area contributed by atoms with Gasteiger partial charge in [0.05, 0.1) is 17.9 Å². The predicted molar refractivity (Wildman–Crippen MR) is 136 cm³/mol. The minimum absolute atomic E-state index is 0.120. The Balaban J connectivity index is 1.73. The number of carbonyl (C=O) groups excluding carboxylic acids is 2. The molecule has 37 heavy (non-hydrogen) atoms. The van der Waals surface area contributed by atoms with E-state index in [-0.39, 0.29) is 41.8 Å². The van der Waals surface area contributed by atoms with Crippen LogP contribution in [0.5, 0.6) is 0 Å². The molecule has 8 heteroatoms. The molecule has 0 aliphatic heterocycles. The van der Waals surface area contributed by atoms with Crippen molar-refractivity contribution in [3.63, 3.8) is 0 Å². The third kappa shape index (κ3) is 8.24. The molecule has 7 nitrogen and oxygen atoms in total. The van der Waals surface area contributed by atoms with E-state index in [1.165, 1.54) is 6.20 Å². The summed E-state index contributed by atoms with van der Waals surface area (Å²) in [7, 11) is 0. The molecule has 2 unspecified atom stereocenters. The van der Waals surface area contributed by atoms with Crippen molar-refractivity contribution >= 4 is 17.9 Å². The maximum absolute atomic E-state index is 14.5. The van der Waals surface area contributed by atoms with Crippen molar-refractivity contribution in [1.29, 1.82) is 0 Å². The van der Waals surface area contributed by atoms with Crippen LogP contribution in [0.4, 0.5) is 4.39 Å². The largest absolute Gasteiger partial charge is 0.481 e. The number of rotatable bonds is 12. The third-order valence-corrected chi connectivity index (χ3v) is 8.45. The molecule has 8 atom stereocenters. The number of hydrogen-bond donors (Lipinski definition) is 1. The number of nitrogens with zero attached hydrogens (tertiary/aromatic N) is 1. The minimum Gasteiger partial charge on any atom is -0.481 e. The SMILES string of the molecule is CC[C@H](C)C(=O)O[C@H]1CCCC2CC[C@H](C)[C@H](CC[C@H](C[C@H](F)CC(=O)O)OC(=O)c3cccnc3)C21. The van der Waals surface area contributed by atoms with Gasteiger partial charge in [0.25, 0.3) is 0 Å². The smallest absolute Gasteiger partial charge is 0.339 e. The highest BCUT2D eigenvalue weighted by Crippen LogP contribution is 2.49. The molecule has 0 radical (unpaired) electrons. The van der Waals surface area contributed by atoms with Crippen LogP contribution in [-0.4, -0.2) is 46.4 Å². The minimum atomic E-state index is -1.61. The van der Waals surface area contributed by atoms with Gasteiger partial charge in [-0.15, -0.1) is 0 Å². The first-order valence-corrected chi connectivity index (χ1v) is 13.9. The number of aromatic nitrogens is 1. The van der Waals surface area contributed by atoms with Gasteiger partial charge < -0.3 is 14.6 Å². The van der Waals surface area contributed by atoms with E-state index in [0.29, 0.717) is 24.7 Å². The van der Waals surface area contributed by atoms with Crippen molar-refractivity contribution in [1.82, 2.24) is 4.98 Å². The average molecular weight is 520 g/mol. The summed E-state index contributed by atoms with van der Waals surface area (Å²) in [6.45, 7) is 6.11. The lowest BCUT2D eigenvalue weighted by Crippen LogP contribution is -2.46. The zero-order chi connectivity index (χ0) is 26.9. The van der Waals surface area contributed by atoms with Crippen LogP contribution in [0.25, 0.3) is 0 Å². The van der Waals surface area contributed by atoms with E-state index in [0.717, 1.165) is 38.5 Å². The molecule has 0 bridgehead atoms. The highest BCUT2D eigenvalue weighted by atomic mass is 19.1. The Hall–Kier alpha value is -2.51. The number of halogens is 1. The summed E-state index contributed by atoms with van der Waals surface area (Å²) in [6.07, 6.45) is 6.77. The zero-order valence-corrected chi connectivity index (χ0v) is 22.3. The summed E-state index contributed by atoms with van der Waals surface area (Å²) < 4.78 is 26.3. The normalized spacial score (nSPS) is 27.8. The summed E-state index contributed by atoms with van der Waals surface area (Å²) in [5.74, 6) is -0.698. The van der Waals surface area contributed by atoms with Crippen molar-refractivity contribution in [3.8, 4) is 0 Å². The summed E-state index contributed by atoms with van der Waals surface area (Å²) in [5.41, 5.74) is 0.275. The second-order valence-electron chi connectivity index (χ2n) is 11.0. The fraction of sp³-hybridized carbons (Fsp3) is 0.724. The fourth-order valence-electron chi connectivity index (χ4n) is 6.21. The predicted octanol–water partition coefficient (Wildman–Crippen LogP) is 6.01. The van der Waals surface area contributed by atoms with E-state index >= 15 is 0 Å². The topological polar surface area (TPSA) is 103 Å². The maximum atomic E-state index is 14.5. The van der Waals surface area contributed by atoms with E-state index in [2.05, 4.69) is 11.9 Å². The van der Waals surface area contributed by atoms with Gasteiger partial charge in [0.2, 0.25) is 0 Å². The van der Waals surface area contributed by atoms with Crippen LogP contribution in [0, 0.1) is 29.6 Å². The van der Waals surface area contributed by atoms with Crippen LogP contribution in [0.3, 0.4) is 0 Å². The Morgan fingerprint density at radius 1 is 1.22 bits per heavy atom. The van der Waals surface area contributed by atoms with E-state index in [1.54, 1.807) is 18.3 Å². The van der Waals surface area contributed by atoms with Gasteiger partial charge in [0.1, 0.15) is 18.4 Å². The molecule has 1 aromatic heterocycles. The average Bonchev–Trinajstić information content (AvgIpc) is 2.87. The highest BCUT2D eigenvalue weighted by molar-refractivity contribution is 5.89. The zero-order valence-electron chi connectivity index (χ0n) is 22.3. The molecule has 0 amide bonds.